The van der Waals surface area contributed by atoms with Gasteiger partial charge in [-0.1, -0.05) is 76.6 Å². The molecule has 0 radical (unpaired) electrons. The molecule has 0 heterocycles. The smallest absolute Gasteiger partial charge is 0.259 e. The van der Waals surface area contributed by atoms with E-state index in [-0.39, 0.29) is 18.2 Å². The molecule has 0 aliphatic carbocycles. The lowest BCUT2D eigenvalue weighted by molar-refractivity contribution is -0.126. The van der Waals surface area contributed by atoms with Crippen LogP contribution in [0.15, 0.2) is 82.4 Å². The highest BCUT2D eigenvalue weighted by molar-refractivity contribution is 9.10. The number of phenols is 1. The van der Waals surface area contributed by atoms with Gasteiger partial charge in [0.25, 0.3) is 5.91 Å². The Morgan fingerprint density at radius 1 is 1.03 bits per heavy atom. The Kier molecular flexibility index (Phi) is 7.56. The van der Waals surface area contributed by atoms with E-state index in [1.165, 1.54) is 6.21 Å². The van der Waals surface area contributed by atoms with Crippen LogP contribution in [0, 0.1) is 6.92 Å². The van der Waals surface area contributed by atoms with E-state index in [1.54, 1.807) is 19.1 Å². The van der Waals surface area contributed by atoms with Gasteiger partial charge < -0.3 is 10.4 Å². The molecule has 7 heteroatoms. The van der Waals surface area contributed by atoms with Gasteiger partial charge in [0.1, 0.15) is 5.75 Å². The first kappa shape index (κ1) is 22.2. The van der Waals surface area contributed by atoms with E-state index in [0.29, 0.717) is 11.1 Å². The molecule has 0 atom stereocenters. The van der Waals surface area contributed by atoms with Crippen LogP contribution in [0.1, 0.15) is 28.2 Å². The molecule has 0 unspecified atom stereocenters. The van der Waals surface area contributed by atoms with Crippen LogP contribution in [-0.4, -0.2) is 29.7 Å². The average molecular weight is 480 g/mol. The lowest BCUT2D eigenvalue weighted by atomic mass is 9.90. The van der Waals surface area contributed by atoms with Crippen LogP contribution in [0.2, 0.25) is 0 Å². The molecule has 3 N–H and O–H groups in total. The summed E-state index contributed by atoms with van der Waals surface area (Å²) in [5.74, 6) is -1.20. The number of aromatic hydroxyl groups is 1. The van der Waals surface area contributed by atoms with Gasteiger partial charge in [0, 0.05) is 10.0 Å². The van der Waals surface area contributed by atoms with E-state index in [0.717, 1.165) is 15.6 Å². The molecule has 0 saturated carbocycles. The molecule has 3 aromatic rings. The normalized spacial score (nSPS) is 10.9. The van der Waals surface area contributed by atoms with Gasteiger partial charge in [0.15, 0.2) is 0 Å². The number of halogens is 1. The zero-order valence-corrected chi connectivity index (χ0v) is 18.5. The average Bonchev–Trinajstić information content (AvgIpc) is 2.77. The maximum atomic E-state index is 12.9. The summed E-state index contributed by atoms with van der Waals surface area (Å²) in [5.41, 5.74) is 5.18. The topological polar surface area (TPSA) is 90.8 Å². The summed E-state index contributed by atoms with van der Waals surface area (Å²) in [6.07, 6.45) is 1.35. The summed E-state index contributed by atoms with van der Waals surface area (Å²) in [6.45, 7) is 1.54. The Hall–Kier alpha value is -3.45. The van der Waals surface area contributed by atoms with Crippen molar-refractivity contribution in [2.24, 2.45) is 5.10 Å². The highest BCUT2D eigenvalue weighted by Crippen LogP contribution is 2.26. The Morgan fingerprint density at radius 2 is 1.61 bits per heavy atom. The van der Waals surface area contributed by atoms with Crippen molar-refractivity contribution in [3.63, 3.8) is 0 Å². The molecule has 0 saturated heterocycles. The summed E-state index contributed by atoms with van der Waals surface area (Å²) in [4.78, 5) is 25.0. The lowest BCUT2D eigenvalue weighted by Crippen LogP contribution is -2.37. The fourth-order valence-corrected chi connectivity index (χ4v) is 3.72. The number of benzene rings is 3. The van der Waals surface area contributed by atoms with Gasteiger partial charge in [-0.3, -0.25) is 9.59 Å². The van der Waals surface area contributed by atoms with Gasteiger partial charge in [-0.25, -0.2) is 5.43 Å². The molecule has 31 heavy (non-hydrogen) atoms. The number of nitrogens with zero attached hydrogens (tertiary/aromatic N) is 1. The molecule has 2 amide bonds. The van der Waals surface area contributed by atoms with Crippen molar-refractivity contribution in [3.05, 3.63) is 99.5 Å². The predicted octanol–water partition coefficient (Wildman–Crippen LogP) is 3.86. The van der Waals surface area contributed by atoms with Crippen molar-refractivity contribution in [1.29, 1.82) is 0 Å². The molecule has 0 aliphatic rings. The molecular formula is C24H22BrN3O3. The van der Waals surface area contributed by atoms with Crippen molar-refractivity contribution < 1.29 is 14.7 Å². The summed E-state index contributed by atoms with van der Waals surface area (Å²) in [5, 5.41) is 16.6. The van der Waals surface area contributed by atoms with E-state index < -0.39 is 11.8 Å². The van der Waals surface area contributed by atoms with Gasteiger partial charge >= 0.3 is 0 Å². The standard InChI is InChI=1S/C24H22BrN3O3/c1-16-12-20(25)13-19(23(16)30)14-27-28-21(29)15-26-24(31)22(17-8-4-2-5-9-17)18-10-6-3-7-11-18/h2-14,22,30H,15H2,1H3,(H,26,31)(H,28,29)/b27-14+. The first-order valence-electron chi connectivity index (χ1n) is 9.64. The number of hydrogen-bond donors (Lipinski definition) is 3. The van der Waals surface area contributed by atoms with E-state index in [1.807, 2.05) is 60.7 Å². The number of hydrazone groups is 1. The van der Waals surface area contributed by atoms with Gasteiger partial charge in [-0.15, -0.1) is 0 Å². The van der Waals surface area contributed by atoms with Crippen LogP contribution < -0.4 is 10.7 Å². The highest BCUT2D eigenvalue weighted by atomic mass is 79.9. The van der Waals surface area contributed by atoms with Crippen LogP contribution in [0.3, 0.4) is 0 Å². The molecule has 6 nitrogen and oxygen atoms in total. The second kappa shape index (κ2) is 10.5. The Balaban J connectivity index is 1.63. The van der Waals surface area contributed by atoms with Crippen LogP contribution in [-0.2, 0) is 9.59 Å². The van der Waals surface area contributed by atoms with E-state index in [9.17, 15) is 14.7 Å². The third kappa shape index (κ3) is 6.02. The molecule has 0 aromatic heterocycles. The largest absolute Gasteiger partial charge is 0.507 e. The second-order valence-electron chi connectivity index (χ2n) is 6.93. The molecule has 0 aliphatic heterocycles. The van der Waals surface area contributed by atoms with Crippen molar-refractivity contribution in [2.45, 2.75) is 12.8 Å². The summed E-state index contributed by atoms with van der Waals surface area (Å²) in [6, 6.07) is 22.3. The second-order valence-corrected chi connectivity index (χ2v) is 7.84. The molecule has 3 rings (SSSR count). The Labute approximate surface area is 189 Å². The number of phenolic OH excluding ortho intramolecular Hbond substituents is 1. The number of amides is 2. The minimum atomic E-state index is -0.528. The van der Waals surface area contributed by atoms with Crippen LogP contribution in [0.5, 0.6) is 5.75 Å². The quantitative estimate of drug-likeness (QED) is 0.354. The first-order chi connectivity index (χ1) is 15.0. The Bertz CT molecular complexity index is 1050. The monoisotopic (exact) mass is 479 g/mol. The van der Waals surface area contributed by atoms with Crippen molar-refractivity contribution in [1.82, 2.24) is 10.7 Å². The fourth-order valence-electron chi connectivity index (χ4n) is 3.13. The number of carbonyl (C=O) groups excluding carboxylic acids is 2. The molecule has 0 spiro atoms. The van der Waals surface area contributed by atoms with Crippen LogP contribution >= 0.6 is 15.9 Å². The minimum absolute atomic E-state index is 0.0862. The van der Waals surface area contributed by atoms with Gasteiger partial charge in [0.05, 0.1) is 18.7 Å². The van der Waals surface area contributed by atoms with Gasteiger partial charge in [-0.05, 0) is 35.7 Å². The summed E-state index contributed by atoms with van der Waals surface area (Å²) >= 11 is 3.35. The lowest BCUT2D eigenvalue weighted by Gasteiger charge is -2.17. The number of nitrogens with one attached hydrogen (secondary N) is 2. The number of hydrogen-bond acceptors (Lipinski definition) is 4. The maximum Gasteiger partial charge on any atom is 0.259 e. The Morgan fingerprint density at radius 3 is 2.19 bits per heavy atom. The molecule has 0 bridgehead atoms. The molecule has 158 valence electrons. The zero-order chi connectivity index (χ0) is 22.2. The predicted molar refractivity (Wildman–Crippen MR) is 124 cm³/mol. The number of carbonyl (C=O) groups is 2. The molecular weight excluding hydrogens is 458 g/mol. The first-order valence-corrected chi connectivity index (χ1v) is 10.4. The minimum Gasteiger partial charge on any atom is -0.507 e. The highest BCUT2D eigenvalue weighted by Gasteiger charge is 2.22. The fraction of sp³-hybridized carbons (Fsp3) is 0.125. The van der Waals surface area contributed by atoms with Gasteiger partial charge in [0.2, 0.25) is 5.91 Å². The van der Waals surface area contributed by atoms with Crippen molar-refractivity contribution in [2.75, 3.05) is 6.54 Å². The zero-order valence-electron chi connectivity index (χ0n) is 16.9. The van der Waals surface area contributed by atoms with E-state index in [4.69, 9.17) is 0 Å². The van der Waals surface area contributed by atoms with Gasteiger partial charge in [-0.2, -0.15) is 5.10 Å². The van der Waals surface area contributed by atoms with Crippen LogP contribution in [0.4, 0.5) is 0 Å². The molecule has 0 fully saturated rings. The molecule has 3 aromatic carbocycles. The number of aryl methyl sites for hydroxylation is 1. The third-order valence-corrected chi connectivity index (χ3v) is 5.10. The maximum absolute atomic E-state index is 12.9. The summed E-state index contributed by atoms with van der Waals surface area (Å²) < 4.78 is 0.788. The third-order valence-electron chi connectivity index (χ3n) is 4.64. The summed E-state index contributed by atoms with van der Waals surface area (Å²) in [7, 11) is 0. The SMILES string of the molecule is Cc1cc(Br)cc(/C=N/NC(=O)CNC(=O)C(c2ccccc2)c2ccccc2)c1O. The number of rotatable bonds is 7. The van der Waals surface area contributed by atoms with Crippen molar-refractivity contribution in [3.8, 4) is 5.75 Å². The van der Waals surface area contributed by atoms with E-state index >= 15 is 0 Å². The van der Waals surface area contributed by atoms with Crippen molar-refractivity contribution >= 4 is 34.0 Å². The van der Waals surface area contributed by atoms with E-state index in [2.05, 4.69) is 31.8 Å². The van der Waals surface area contributed by atoms with Crippen LogP contribution in [0.25, 0.3) is 0 Å².